The van der Waals surface area contributed by atoms with Gasteiger partial charge >= 0.3 is 5.97 Å². The smallest absolute Gasteiger partial charge is 0.354 e. The van der Waals surface area contributed by atoms with Crippen LogP contribution in [0, 0.1) is 0 Å². The largest absolute Gasteiger partial charge is 0.464 e. The van der Waals surface area contributed by atoms with Gasteiger partial charge in [-0.3, -0.25) is 4.79 Å². The fraction of sp³-hybridized carbons (Fsp3) is 0.286. The summed E-state index contributed by atoms with van der Waals surface area (Å²) in [5, 5.41) is 2.55. The molecular formula is C14H17NO3. The third-order valence-electron chi connectivity index (χ3n) is 2.47. The minimum Gasteiger partial charge on any atom is -0.464 e. The number of rotatable bonds is 4. The molecule has 0 radical (unpaired) electrons. The van der Waals surface area contributed by atoms with Crippen molar-refractivity contribution in [2.24, 2.45) is 0 Å². The van der Waals surface area contributed by atoms with E-state index in [1.54, 1.807) is 0 Å². The Kier molecular flexibility index (Phi) is 5.11. The highest BCUT2D eigenvalue weighted by Gasteiger charge is 2.17. The zero-order valence-corrected chi connectivity index (χ0v) is 10.8. The van der Waals surface area contributed by atoms with Crippen LogP contribution in [-0.4, -0.2) is 19.0 Å². The van der Waals surface area contributed by atoms with Crippen molar-refractivity contribution in [1.82, 2.24) is 5.32 Å². The van der Waals surface area contributed by atoms with E-state index in [1.807, 2.05) is 37.3 Å². The molecule has 1 amide bonds. The highest BCUT2D eigenvalue weighted by atomic mass is 16.5. The Morgan fingerprint density at radius 2 is 1.83 bits per heavy atom. The first kappa shape index (κ1) is 14.0. The average molecular weight is 247 g/mol. The fourth-order valence-corrected chi connectivity index (χ4v) is 1.69. The number of hydrogen-bond acceptors (Lipinski definition) is 3. The number of benzene rings is 1. The van der Waals surface area contributed by atoms with E-state index in [0.29, 0.717) is 6.42 Å². The molecule has 96 valence electrons. The third kappa shape index (κ3) is 3.45. The lowest BCUT2D eigenvalue weighted by Crippen LogP contribution is -2.27. The molecule has 1 rings (SSSR count). The van der Waals surface area contributed by atoms with E-state index in [1.165, 1.54) is 14.0 Å². The molecule has 0 aromatic heterocycles. The van der Waals surface area contributed by atoms with Crippen LogP contribution in [0.15, 0.2) is 36.0 Å². The molecule has 0 aliphatic heterocycles. The predicted molar refractivity (Wildman–Crippen MR) is 69.5 cm³/mol. The number of carbonyl (C=O) groups is 2. The van der Waals surface area contributed by atoms with Crippen LogP contribution in [0.25, 0.3) is 5.57 Å². The highest BCUT2D eigenvalue weighted by molar-refractivity contribution is 6.00. The van der Waals surface area contributed by atoms with Crippen molar-refractivity contribution in [2.75, 3.05) is 7.11 Å². The molecule has 0 aliphatic rings. The zero-order chi connectivity index (χ0) is 13.5. The van der Waals surface area contributed by atoms with Gasteiger partial charge in [-0.25, -0.2) is 4.79 Å². The van der Waals surface area contributed by atoms with Crippen LogP contribution in [0.1, 0.15) is 25.8 Å². The van der Waals surface area contributed by atoms with Gasteiger partial charge in [-0.15, -0.1) is 0 Å². The Hall–Kier alpha value is -2.10. The first-order chi connectivity index (χ1) is 8.60. The standard InChI is InChI=1S/C14H17NO3/c1-4-12(11-8-6-5-7-9-11)13(14(17)18-3)15-10(2)16/h5-9H,4H2,1-3H3,(H,15,16)/b13-12-. The van der Waals surface area contributed by atoms with Crippen molar-refractivity contribution in [3.63, 3.8) is 0 Å². The average Bonchev–Trinajstić information content (AvgIpc) is 2.38. The van der Waals surface area contributed by atoms with Crippen LogP contribution in [0.2, 0.25) is 0 Å². The molecular weight excluding hydrogens is 230 g/mol. The summed E-state index contributed by atoms with van der Waals surface area (Å²) in [6.45, 7) is 3.29. The summed E-state index contributed by atoms with van der Waals surface area (Å²) in [6, 6.07) is 9.45. The van der Waals surface area contributed by atoms with Crippen LogP contribution in [0.5, 0.6) is 0 Å². The van der Waals surface area contributed by atoms with Crippen molar-refractivity contribution in [3.05, 3.63) is 41.6 Å². The van der Waals surface area contributed by atoms with Crippen LogP contribution in [0.3, 0.4) is 0 Å². The van der Waals surface area contributed by atoms with Crippen LogP contribution >= 0.6 is 0 Å². The predicted octanol–water partition coefficient (Wildman–Crippen LogP) is 2.12. The maximum absolute atomic E-state index is 11.7. The molecule has 0 spiro atoms. The maximum atomic E-state index is 11.7. The number of nitrogens with one attached hydrogen (secondary N) is 1. The molecule has 0 aliphatic carbocycles. The highest BCUT2D eigenvalue weighted by Crippen LogP contribution is 2.21. The van der Waals surface area contributed by atoms with Gasteiger partial charge in [0.15, 0.2) is 0 Å². The molecule has 0 saturated heterocycles. The summed E-state index contributed by atoms with van der Waals surface area (Å²) >= 11 is 0. The van der Waals surface area contributed by atoms with Crippen LogP contribution in [0.4, 0.5) is 0 Å². The van der Waals surface area contributed by atoms with Crippen molar-refractivity contribution in [1.29, 1.82) is 0 Å². The monoisotopic (exact) mass is 247 g/mol. The Bertz CT molecular complexity index is 463. The summed E-state index contributed by atoms with van der Waals surface area (Å²) < 4.78 is 4.71. The molecule has 0 fully saturated rings. The molecule has 0 bridgehead atoms. The molecule has 1 aromatic carbocycles. The van der Waals surface area contributed by atoms with Crippen LogP contribution in [-0.2, 0) is 14.3 Å². The van der Waals surface area contributed by atoms with Crippen molar-refractivity contribution < 1.29 is 14.3 Å². The molecule has 1 N–H and O–H groups in total. The Morgan fingerprint density at radius 3 is 2.28 bits per heavy atom. The second-order valence-corrected chi connectivity index (χ2v) is 3.75. The van der Waals surface area contributed by atoms with Gasteiger partial charge in [0.05, 0.1) is 7.11 Å². The molecule has 0 heterocycles. The molecule has 0 saturated carbocycles. The van der Waals surface area contributed by atoms with Crippen molar-refractivity contribution >= 4 is 17.4 Å². The summed E-state index contributed by atoms with van der Waals surface area (Å²) in [5.41, 5.74) is 1.87. The lowest BCUT2D eigenvalue weighted by Gasteiger charge is -2.13. The number of allylic oxidation sites excluding steroid dienone is 1. The van der Waals surface area contributed by atoms with E-state index in [-0.39, 0.29) is 11.6 Å². The van der Waals surface area contributed by atoms with E-state index >= 15 is 0 Å². The molecule has 0 unspecified atom stereocenters. The van der Waals surface area contributed by atoms with Gasteiger partial charge < -0.3 is 10.1 Å². The first-order valence-electron chi connectivity index (χ1n) is 5.74. The zero-order valence-electron chi connectivity index (χ0n) is 10.8. The second kappa shape index (κ2) is 6.59. The van der Waals surface area contributed by atoms with Crippen LogP contribution < -0.4 is 5.32 Å². The fourth-order valence-electron chi connectivity index (χ4n) is 1.69. The molecule has 18 heavy (non-hydrogen) atoms. The summed E-state index contributed by atoms with van der Waals surface area (Å²) in [7, 11) is 1.29. The summed E-state index contributed by atoms with van der Waals surface area (Å²) in [6.07, 6.45) is 0.620. The molecule has 4 heteroatoms. The SMILES string of the molecule is CC/C(=C(/NC(C)=O)C(=O)OC)c1ccccc1. The van der Waals surface area contributed by atoms with E-state index < -0.39 is 5.97 Å². The van der Waals surface area contributed by atoms with Crippen molar-refractivity contribution in [3.8, 4) is 0 Å². The third-order valence-corrected chi connectivity index (χ3v) is 2.47. The van der Waals surface area contributed by atoms with Gasteiger partial charge in [0, 0.05) is 6.92 Å². The van der Waals surface area contributed by atoms with Gasteiger partial charge in [0.25, 0.3) is 0 Å². The summed E-state index contributed by atoms with van der Waals surface area (Å²) in [4.78, 5) is 22.9. The number of hydrogen-bond donors (Lipinski definition) is 1. The lowest BCUT2D eigenvalue weighted by molar-refractivity contribution is -0.137. The Balaban J connectivity index is 3.29. The first-order valence-corrected chi connectivity index (χ1v) is 5.74. The van der Waals surface area contributed by atoms with E-state index in [0.717, 1.165) is 11.1 Å². The Morgan fingerprint density at radius 1 is 1.22 bits per heavy atom. The van der Waals surface area contributed by atoms with E-state index in [4.69, 9.17) is 4.74 Å². The molecule has 4 nitrogen and oxygen atoms in total. The molecule has 0 atom stereocenters. The molecule has 1 aromatic rings. The van der Waals surface area contributed by atoms with Gasteiger partial charge in [-0.05, 0) is 17.6 Å². The number of methoxy groups -OCH3 is 1. The number of ether oxygens (including phenoxy) is 1. The maximum Gasteiger partial charge on any atom is 0.354 e. The summed E-state index contributed by atoms with van der Waals surface area (Å²) in [5.74, 6) is -0.830. The van der Waals surface area contributed by atoms with Gasteiger partial charge in [0.2, 0.25) is 5.91 Å². The van der Waals surface area contributed by atoms with Gasteiger partial charge in [-0.2, -0.15) is 0 Å². The quantitative estimate of drug-likeness (QED) is 0.655. The number of carbonyl (C=O) groups excluding carboxylic acids is 2. The topological polar surface area (TPSA) is 55.4 Å². The second-order valence-electron chi connectivity index (χ2n) is 3.75. The minimum atomic E-state index is -0.536. The lowest BCUT2D eigenvalue weighted by atomic mass is 10.0. The van der Waals surface area contributed by atoms with E-state index in [2.05, 4.69) is 5.32 Å². The minimum absolute atomic E-state index is 0.207. The number of amides is 1. The van der Waals surface area contributed by atoms with E-state index in [9.17, 15) is 9.59 Å². The van der Waals surface area contributed by atoms with Crippen molar-refractivity contribution in [2.45, 2.75) is 20.3 Å². The number of esters is 1. The Labute approximate surface area is 107 Å². The van der Waals surface area contributed by atoms with Gasteiger partial charge in [0.1, 0.15) is 5.70 Å². The van der Waals surface area contributed by atoms with Gasteiger partial charge in [-0.1, -0.05) is 37.3 Å². The normalized spacial score (nSPS) is 11.5.